The molecule has 152 valence electrons. The summed E-state index contributed by atoms with van der Waals surface area (Å²) in [5.41, 5.74) is 2.67. The molecule has 2 heterocycles. The van der Waals surface area contributed by atoms with Crippen LogP contribution in [-0.2, 0) is 4.79 Å². The van der Waals surface area contributed by atoms with Gasteiger partial charge in [-0.15, -0.1) is 21.5 Å². The number of nitrogens with one attached hydrogen (secondary N) is 1. The van der Waals surface area contributed by atoms with Crippen molar-refractivity contribution < 1.29 is 9.53 Å². The summed E-state index contributed by atoms with van der Waals surface area (Å²) in [5.74, 6) is 0.552. The van der Waals surface area contributed by atoms with Gasteiger partial charge in [-0.05, 0) is 19.1 Å². The molecule has 0 fully saturated rings. The third-order valence-electron chi connectivity index (χ3n) is 4.32. The number of thioether (sulfide) groups is 1. The summed E-state index contributed by atoms with van der Waals surface area (Å²) in [6.07, 6.45) is 1.61. The van der Waals surface area contributed by atoms with E-state index in [-0.39, 0.29) is 5.91 Å². The van der Waals surface area contributed by atoms with E-state index < -0.39 is 5.25 Å². The number of hydrogen-bond acceptors (Lipinski definition) is 7. The van der Waals surface area contributed by atoms with Gasteiger partial charge in [-0.2, -0.15) is 0 Å². The zero-order valence-corrected chi connectivity index (χ0v) is 18.0. The quantitative estimate of drug-likeness (QED) is 0.428. The second kappa shape index (κ2) is 9.10. The topological polar surface area (TPSA) is 81.9 Å². The van der Waals surface area contributed by atoms with Crippen molar-refractivity contribution in [1.29, 1.82) is 0 Å². The van der Waals surface area contributed by atoms with Crippen molar-refractivity contribution in [3.8, 4) is 22.7 Å². The number of ether oxygens (including phenoxy) is 1. The second-order valence-electron chi connectivity index (χ2n) is 6.31. The fraction of sp³-hybridized carbons (Fsp3) is 0.143. The number of hydrogen-bond donors (Lipinski definition) is 1. The van der Waals surface area contributed by atoms with Crippen molar-refractivity contribution in [1.82, 2.24) is 19.7 Å². The molecular formula is C21H19N5O2S2. The summed E-state index contributed by atoms with van der Waals surface area (Å²) in [7, 11) is 1.61. The van der Waals surface area contributed by atoms with Gasteiger partial charge in [-0.25, -0.2) is 4.98 Å². The molecule has 2 aromatic carbocycles. The van der Waals surface area contributed by atoms with Gasteiger partial charge in [0.25, 0.3) is 0 Å². The Kier molecular flexibility index (Phi) is 6.10. The first-order valence-corrected chi connectivity index (χ1v) is 10.9. The van der Waals surface area contributed by atoms with Gasteiger partial charge in [0.05, 0.1) is 23.7 Å². The van der Waals surface area contributed by atoms with E-state index >= 15 is 0 Å². The SMILES string of the molecule is COc1ccccc1-n1cnnc1SC(C)C(=O)Nc1nc(-c2ccccc2)cs1. The van der Waals surface area contributed by atoms with Gasteiger partial charge in [0, 0.05) is 10.9 Å². The van der Waals surface area contributed by atoms with Gasteiger partial charge in [0.2, 0.25) is 5.91 Å². The van der Waals surface area contributed by atoms with Crippen molar-refractivity contribution in [3.63, 3.8) is 0 Å². The highest BCUT2D eigenvalue weighted by atomic mass is 32.2. The van der Waals surface area contributed by atoms with Gasteiger partial charge >= 0.3 is 0 Å². The van der Waals surface area contributed by atoms with Crippen LogP contribution in [0.25, 0.3) is 16.9 Å². The van der Waals surface area contributed by atoms with E-state index in [1.165, 1.54) is 23.1 Å². The number of para-hydroxylation sites is 2. The summed E-state index contributed by atoms with van der Waals surface area (Å²) >= 11 is 2.72. The van der Waals surface area contributed by atoms with Gasteiger partial charge in [0.15, 0.2) is 10.3 Å². The molecular weight excluding hydrogens is 418 g/mol. The second-order valence-corrected chi connectivity index (χ2v) is 8.47. The van der Waals surface area contributed by atoms with Crippen molar-refractivity contribution >= 4 is 34.1 Å². The van der Waals surface area contributed by atoms with E-state index in [0.29, 0.717) is 16.0 Å². The van der Waals surface area contributed by atoms with E-state index in [4.69, 9.17) is 4.74 Å². The molecule has 0 radical (unpaired) electrons. The largest absolute Gasteiger partial charge is 0.495 e. The first-order chi connectivity index (χ1) is 14.7. The van der Waals surface area contributed by atoms with Crippen LogP contribution in [0.3, 0.4) is 0 Å². The molecule has 4 rings (SSSR count). The third-order valence-corrected chi connectivity index (χ3v) is 6.13. The fourth-order valence-corrected chi connectivity index (χ4v) is 4.35. The molecule has 1 amide bonds. The number of aromatic nitrogens is 4. The Morgan fingerprint density at radius 2 is 1.93 bits per heavy atom. The maximum atomic E-state index is 12.7. The van der Waals surface area contributed by atoms with Gasteiger partial charge in [-0.3, -0.25) is 9.36 Å². The Labute approximate surface area is 182 Å². The van der Waals surface area contributed by atoms with Crippen LogP contribution in [0, 0.1) is 0 Å². The summed E-state index contributed by atoms with van der Waals surface area (Å²) in [6.45, 7) is 1.83. The lowest BCUT2D eigenvalue weighted by Crippen LogP contribution is -2.22. The highest BCUT2D eigenvalue weighted by Gasteiger charge is 2.20. The summed E-state index contributed by atoms with van der Waals surface area (Å²) in [5, 5.41) is 13.8. The first kappa shape index (κ1) is 20.1. The summed E-state index contributed by atoms with van der Waals surface area (Å²) in [4.78, 5) is 17.2. The van der Waals surface area contributed by atoms with Crippen molar-refractivity contribution in [2.45, 2.75) is 17.3 Å². The zero-order valence-electron chi connectivity index (χ0n) is 16.4. The van der Waals surface area contributed by atoms with Crippen LogP contribution >= 0.6 is 23.1 Å². The molecule has 7 nitrogen and oxygen atoms in total. The number of anilines is 1. The van der Waals surface area contributed by atoms with Crippen LogP contribution in [-0.4, -0.2) is 38.0 Å². The molecule has 1 N–H and O–H groups in total. The van der Waals surface area contributed by atoms with E-state index in [2.05, 4.69) is 20.5 Å². The number of rotatable bonds is 7. The molecule has 4 aromatic rings. The van der Waals surface area contributed by atoms with Crippen LogP contribution < -0.4 is 10.1 Å². The van der Waals surface area contributed by atoms with E-state index in [1.54, 1.807) is 13.4 Å². The van der Waals surface area contributed by atoms with Crippen molar-refractivity contribution in [3.05, 3.63) is 66.3 Å². The average molecular weight is 438 g/mol. The maximum Gasteiger partial charge on any atom is 0.239 e. The summed E-state index contributed by atoms with van der Waals surface area (Å²) < 4.78 is 7.23. The van der Waals surface area contributed by atoms with Crippen LogP contribution in [0.15, 0.2) is 71.5 Å². The Balaban J connectivity index is 1.45. The molecule has 1 atom stereocenters. The number of carbonyl (C=O) groups is 1. The number of nitrogens with zero attached hydrogens (tertiary/aromatic N) is 4. The van der Waals surface area contributed by atoms with E-state index in [0.717, 1.165) is 16.9 Å². The van der Waals surface area contributed by atoms with E-state index in [1.807, 2.05) is 71.5 Å². The van der Waals surface area contributed by atoms with Crippen molar-refractivity contribution in [2.75, 3.05) is 12.4 Å². The number of carbonyl (C=O) groups excluding carboxylic acids is 1. The van der Waals surface area contributed by atoms with Gasteiger partial charge in [-0.1, -0.05) is 54.2 Å². The molecule has 2 aromatic heterocycles. The lowest BCUT2D eigenvalue weighted by atomic mass is 10.2. The minimum Gasteiger partial charge on any atom is -0.495 e. The predicted octanol–water partition coefficient (Wildman–Crippen LogP) is 4.52. The van der Waals surface area contributed by atoms with Gasteiger partial charge in [0.1, 0.15) is 12.1 Å². The number of methoxy groups -OCH3 is 1. The lowest BCUT2D eigenvalue weighted by Gasteiger charge is -2.13. The molecule has 0 aliphatic rings. The van der Waals surface area contributed by atoms with Crippen LogP contribution in [0.4, 0.5) is 5.13 Å². The molecule has 0 saturated carbocycles. The number of thiazole rings is 1. The third kappa shape index (κ3) is 4.37. The predicted molar refractivity (Wildman–Crippen MR) is 119 cm³/mol. The van der Waals surface area contributed by atoms with Crippen LogP contribution in [0.2, 0.25) is 0 Å². The highest BCUT2D eigenvalue weighted by Crippen LogP contribution is 2.30. The normalized spacial score (nSPS) is 11.8. The molecule has 0 bridgehead atoms. The smallest absolute Gasteiger partial charge is 0.239 e. The lowest BCUT2D eigenvalue weighted by molar-refractivity contribution is -0.115. The molecule has 0 spiro atoms. The number of benzene rings is 2. The molecule has 9 heteroatoms. The molecule has 1 unspecified atom stereocenters. The Bertz CT molecular complexity index is 1140. The highest BCUT2D eigenvalue weighted by molar-refractivity contribution is 8.00. The fourth-order valence-electron chi connectivity index (χ4n) is 2.79. The molecule has 0 aliphatic carbocycles. The standard InChI is InChI=1S/C21H19N5O2S2/c1-14(19(27)24-20-23-16(12-29-20)15-8-4-3-5-9-15)30-21-25-22-13-26(21)17-10-6-7-11-18(17)28-2/h3-14H,1-2H3,(H,23,24,27). The first-order valence-electron chi connectivity index (χ1n) is 9.17. The Morgan fingerprint density at radius 1 is 1.17 bits per heavy atom. The van der Waals surface area contributed by atoms with Crippen molar-refractivity contribution in [2.24, 2.45) is 0 Å². The Hall–Kier alpha value is -3.17. The average Bonchev–Trinajstić information content (AvgIpc) is 3.44. The zero-order chi connectivity index (χ0) is 20.9. The van der Waals surface area contributed by atoms with Crippen LogP contribution in [0.1, 0.15) is 6.92 Å². The minimum absolute atomic E-state index is 0.150. The van der Waals surface area contributed by atoms with Gasteiger partial charge < -0.3 is 10.1 Å². The van der Waals surface area contributed by atoms with E-state index in [9.17, 15) is 4.79 Å². The van der Waals surface area contributed by atoms with Crippen LogP contribution in [0.5, 0.6) is 5.75 Å². The molecule has 30 heavy (non-hydrogen) atoms. The maximum absolute atomic E-state index is 12.7. The minimum atomic E-state index is -0.397. The molecule has 0 saturated heterocycles. The Morgan fingerprint density at radius 3 is 2.73 bits per heavy atom. The monoisotopic (exact) mass is 437 g/mol. The molecule has 0 aliphatic heterocycles. The summed E-state index contributed by atoms with van der Waals surface area (Å²) in [6, 6.07) is 17.5. The number of amides is 1.